The van der Waals surface area contributed by atoms with Gasteiger partial charge in [0.05, 0.1) is 13.2 Å². The fraction of sp³-hybridized carbons (Fsp3) is 0.923. The Bertz CT molecular complexity index is 274. The van der Waals surface area contributed by atoms with E-state index in [1.54, 1.807) is 7.11 Å². The number of carbonyl (C=O) groups is 1. The summed E-state index contributed by atoms with van der Waals surface area (Å²) in [5.41, 5.74) is 0.337. The molecule has 0 radical (unpaired) electrons. The second-order valence-electron chi connectivity index (χ2n) is 5.64. The number of hydrogen-bond acceptors (Lipinski definition) is 3. The first-order valence-electron chi connectivity index (χ1n) is 6.59. The molecule has 0 unspecified atom stereocenters. The lowest BCUT2D eigenvalue weighted by Gasteiger charge is -2.38. The SMILES string of the molecule is COC[C@H]1CN(CC(=O)O)CC12CCCCC2. The van der Waals surface area contributed by atoms with Crippen molar-refractivity contribution in [1.29, 1.82) is 0 Å². The van der Waals surface area contributed by atoms with Gasteiger partial charge in [-0.3, -0.25) is 9.69 Å². The summed E-state index contributed by atoms with van der Waals surface area (Å²) in [7, 11) is 1.75. The van der Waals surface area contributed by atoms with E-state index in [0.717, 1.165) is 19.7 Å². The Balaban J connectivity index is 2.03. The van der Waals surface area contributed by atoms with Gasteiger partial charge in [0.1, 0.15) is 0 Å². The number of methoxy groups -OCH3 is 1. The molecule has 1 saturated heterocycles. The van der Waals surface area contributed by atoms with Crippen molar-refractivity contribution in [2.24, 2.45) is 11.3 Å². The molecular formula is C13H23NO3. The van der Waals surface area contributed by atoms with Crippen LogP contribution in [0.15, 0.2) is 0 Å². The molecule has 1 atom stereocenters. The van der Waals surface area contributed by atoms with E-state index in [1.807, 2.05) is 0 Å². The van der Waals surface area contributed by atoms with Gasteiger partial charge in [-0.25, -0.2) is 0 Å². The minimum Gasteiger partial charge on any atom is -0.480 e. The third-order valence-corrected chi connectivity index (χ3v) is 4.46. The van der Waals surface area contributed by atoms with Crippen molar-refractivity contribution in [2.75, 3.05) is 33.4 Å². The summed E-state index contributed by atoms with van der Waals surface area (Å²) in [6, 6.07) is 0. The van der Waals surface area contributed by atoms with Crippen LogP contribution in [-0.4, -0.2) is 49.3 Å². The largest absolute Gasteiger partial charge is 0.480 e. The quantitative estimate of drug-likeness (QED) is 0.812. The summed E-state index contributed by atoms with van der Waals surface area (Å²) < 4.78 is 5.33. The highest BCUT2D eigenvalue weighted by atomic mass is 16.5. The van der Waals surface area contributed by atoms with E-state index in [-0.39, 0.29) is 6.54 Å². The molecule has 1 aliphatic heterocycles. The Morgan fingerprint density at radius 1 is 1.41 bits per heavy atom. The third-order valence-electron chi connectivity index (χ3n) is 4.46. The molecule has 1 aliphatic carbocycles. The molecule has 4 heteroatoms. The lowest BCUT2D eigenvalue weighted by molar-refractivity contribution is -0.138. The van der Waals surface area contributed by atoms with E-state index in [1.165, 1.54) is 32.1 Å². The number of carboxylic acids is 1. The molecule has 2 aliphatic rings. The van der Waals surface area contributed by atoms with Crippen molar-refractivity contribution in [1.82, 2.24) is 4.90 Å². The Labute approximate surface area is 103 Å². The van der Waals surface area contributed by atoms with Gasteiger partial charge in [-0.05, 0) is 18.3 Å². The smallest absolute Gasteiger partial charge is 0.317 e. The highest BCUT2D eigenvalue weighted by Crippen LogP contribution is 2.47. The maximum Gasteiger partial charge on any atom is 0.317 e. The molecule has 0 aromatic heterocycles. The fourth-order valence-electron chi connectivity index (χ4n) is 3.71. The topological polar surface area (TPSA) is 49.8 Å². The van der Waals surface area contributed by atoms with Crippen molar-refractivity contribution in [3.05, 3.63) is 0 Å². The average Bonchev–Trinajstić information content (AvgIpc) is 2.57. The summed E-state index contributed by atoms with van der Waals surface area (Å²) in [6.45, 7) is 2.80. The molecule has 17 heavy (non-hydrogen) atoms. The lowest BCUT2D eigenvalue weighted by atomic mass is 9.68. The van der Waals surface area contributed by atoms with Gasteiger partial charge >= 0.3 is 5.97 Å². The maximum atomic E-state index is 10.8. The van der Waals surface area contributed by atoms with Crippen molar-refractivity contribution < 1.29 is 14.6 Å². The van der Waals surface area contributed by atoms with Gasteiger partial charge in [0.2, 0.25) is 0 Å². The van der Waals surface area contributed by atoms with E-state index >= 15 is 0 Å². The van der Waals surface area contributed by atoms with Crippen LogP contribution in [0.3, 0.4) is 0 Å². The average molecular weight is 241 g/mol. The second-order valence-corrected chi connectivity index (χ2v) is 5.64. The third kappa shape index (κ3) is 2.80. The zero-order chi connectivity index (χ0) is 12.3. The van der Waals surface area contributed by atoms with E-state index in [2.05, 4.69) is 4.90 Å². The Hall–Kier alpha value is -0.610. The molecule has 1 heterocycles. The van der Waals surface area contributed by atoms with Crippen molar-refractivity contribution in [3.8, 4) is 0 Å². The fourth-order valence-corrected chi connectivity index (χ4v) is 3.71. The first-order chi connectivity index (χ1) is 8.16. The molecule has 0 aromatic carbocycles. The van der Waals surface area contributed by atoms with Crippen LogP contribution < -0.4 is 0 Å². The molecule has 0 amide bonds. The lowest BCUT2D eigenvalue weighted by Crippen LogP contribution is -2.35. The Morgan fingerprint density at radius 3 is 2.71 bits per heavy atom. The number of aliphatic carboxylic acids is 1. The molecular weight excluding hydrogens is 218 g/mol. The van der Waals surface area contributed by atoms with E-state index in [4.69, 9.17) is 9.84 Å². The molecule has 2 fully saturated rings. The summed E-state index contributed by atoms with van der Waals surface area (Å²) >= 11 is 0. The van der Waals surface area contributed by atoms with Crippen LogP contribution >= 0.6 is 0 Å². The molecule has 2 rings (SSSR count). The van der Waals surface area contributed by atoms with E-state index < -0.39 is 5.97 Å². The standard InChI is InChI=1S/C13H23NO3/c1-17-9-11-7-14(8-12(15)16)10-13(11)5-3-2-4-6-13/h11H,2-10H2,1H3,(H,15,16)/t11-/m1/s1. The molecule has 98 valence electrons. The zero-order valence-corrected chi connectivity index (χ0v) is 10.7. The summed E-state index contributed by atoms with van der Waals surface area (Å²) in [5, 5.41) is 8.90. The molecule has 1 N–H and O–H groups in total. The van der Waals surface area contributed by atoms with Crippen LogP contribution in [0.1, 0.15) is 32.1 Å². The van der Waals surface area contributed by atoms with Gasteiger partial charge in [-0.2, -0.15) is 0 Å². The van der Waals surface area contributed by atoms with Crippen LogP contribution in [-0.2, 0) is 9.53 Å². The minimum atomic E-state index is -0.714. The predicted octanol–water partition coefficient (Wildman–Crippen LogP) is 1.60. The molecule has 4 nitrogen and oxygen atoms in total. The Morgan fingerprint density at radius 2 is 2.12 bits per heavy atom. The number of likely N-dealkylation sites (tertiary alicyclic amines) is 1. The number of ether oxygens (including phenoxy) is 1. The van der Waals surface area contributed by atoms with Crippen LogP contribution in [0.4, 0.5) is 0 Å². The normalized spacial score (nSPS) is 28.6. The predicted molar refractivity (Wildman–Crippen MR) is 65.0 cm³/mol. The number of nitrogens with zero attached hydrogens (tertiary/aromatic N) is 1. The van der Waals surface area contributed by atoms with Crippen molar-refractivity contribution in [3.63, 3.8) is 0 Å². The van der Waals surface area contributed by atoms with Gasteiger partial charge < -0.3 is 9.84 Å². The zero-order valence-electron chi connectivity index (χ0n) is 10.7. The van der Waals surface area contributed by atoms with E-state index in [0.29, 0.717) is 11.3 Å². The highest BCUT2D eigenvalue weighted by molar-refractivity contribution is 5.69. The van der Waals surface area contributed by atoms with E-state index in [9.17, 15) is 4.79 Å². The van der Waals surface area contributed by atoms with Gasteiger partial charge in [-0.15, -0.1) is 0 Å². The van der Waals surface area contributed by atoms with Crippen LogP contribution in [0, 0.1) is 11.3 Å². The molecule has 0 aromatic rings. The van der Waals surface area contributed by atoms with Gasteiger partial charge in [0.15, 0.2) is 0 Å². The van der Waals surface area contributed by atoms with Crippen molar-refractivity contribution >= 4 is 5.97 Å². The van der Waals surface area contributed by atoms with Crippen LogP contribution in [0.25, 0.3) is 0 Å². The summed E-state index contributed by atoms with van der Waals surface area (Å²) in [5.74, 6) is -0.193. The van der Waals surface area contributed by atoms with Gasteiger partial charge in [-0.1, -0.05) is 19.3 Å². The second kappa shape index (κ2) is 5.36. The Kier molecular flexibility index (Phi) is 4.05. The highest BCUT2D eigenvalue weighted by Gasteiger charge is 2.46. The summed E-state index contributed by atoms with van der Waals surface area (Å²) in [4.78, 5) is 12.9. The minimum absolute atomic E-state index is 0.183. The first-order valence-corrected chi connectivity index (χ1v) is 6.59. The van der Waals surface area contributed by atoms with Gasteiger partial charge in [0, 0.05) is 26.1 Å². The molecule has 0 bridgehead atoms. The first kappa shape index (κ1) is 12.8. The monoisotopic (exact) mass is 241 g/mol. The maximum absolute atomic E-state index is 10.8. The van der Waals surface area contributed by atoms with Crippen molar-refractivity contribution in [2.45, 2.75) is 32.1 Å². The molecule has 1 spiro atoms. The number of rotatable bonds is 4. The molecule has 1 saturated carbocycles. The van der Waals surface area contributed by atoms with Crippen LogP contribution in [0.2, 0.25) is 0 Å². The van der Waals surface area contributed by atoms with Crippen LogP contribution in [0.5, 0.6) is 0 Å². The number of hydrogen-bond donors (Lipinski definition) is 1. The van der Waals surface area contributed by atoms with Gasteiger partial charge in [0.25, 0.3) is 0 Å². The summed E-state index contributed by atoms with van der Waals surface area (Å²) in [6.07, 6.45) is 6.41. The number of carboxylic acid groups (broad SMARTS) is 1.